The molecule has 3 aliphatic heterocycles. The van der Waals surface area contributed by atoms with Crippen LogP contribution >= 0.6 is 0 Å². The van der Waals surface area contributed by atoms with Crippen molar-refractivity contribution in [1.29, 1.82) is 0 Å². The van der Waals surface area contributed by atoms with Gasteiger partial charge >= 0.3 is 0 Å². The van der Waals surface area contributed by atoms with Gasteiger partial charge in [0.1, 0.15) is 0 Å². The van der Waals surface area contributed by atoms with E-state index in [0.29, 0.717) is 0 Å². The number of hydrogen-bond donors (Lipinski definition) is 0. The predicted molar refractivity (Wildman–Crippen MR) is 42.0 cm³/mol. The van der Waals surface area contributed by atoms with Crippen LogP contribution in [0.5, 0.6) is 0 Å². The first-order valence-corrected chi connectivity index (χ1v) is 11.9. The molecule has 0 aliphatic carbocycles. The lowest BCUT2D eigenvalue weighted by molar-refractivity contribution is 1.71. The van der Waals surface area contributed by atoms with Crippen molar-refractivity contribution >= 4 is 54.2 Å². The minimum absolute atomic E-state index is 1.27. The second-order valence-electron chi connectivity index (χ2n) is 1.73. The summed E-state index contributed by atoms with van der Waals surface area (Å²) < 4.78 is 0. The molecule has 3 fully saturated rings. The molecule has 6 heteroatoms. The van der Waals surface area contributed by atoms with Gasteiger partial charge < -0.3 is 0 Å². The molecule has 0 aromatic rings. The number of rotatable bonds is 0. The number of fused-ring (bicyclic) bond motifs is 3. The summed E-state index contributed by atoms with van der Waals surface area (Å²) in [6.07, 6.45) is 0. The molecule has 0 N–H and O–H groups in total. The smallest absolute Gasteiger partial charge is 0.0179 e. The van der Waals surface area contributed by atoms with Gasteiger partial charge in [0.15, 0.2) is 0 Å². The Kier molecular flexibility index (Phi) is 1.89. The van der Waals surface area contributed by atoms with E-state index in [1.807, 2.05) is 0 Å². The summed E-state index contributed by atoms with van der Waals surface area (Å²) in [5.74, 6) is 0. The lowest BCUT2D eigenvalue weighted by Crippen LogP contribution is -2.49. The van der Waals surface area contributed by atoms with E-state index in [2.05, 4.69) is 0 Å². The van der Waals surface area contributed by atoms with E-state index in [1.54, 1.807) is 0 Å². The normalized spacial score (nSPS) is 45.0. The molecule has 12 radical (unpaired) electrons. The summed E-state index contributed by atoms with van der Waals surface area (Å²) in [5.41, 5.74) is 0. The molecule has 0 unspecified atom stereocenters. The molecule has 0 spiro atoms. The van der Waals surface area contributed by atoms with Crippen LogP contribution in [-0.4, -0.2) is 54.2 Å². The molecular formula is C2H2Si6. The standard InChI is InChI=1S/C2H2Si6/c3-1-4-7-2(6-3)8-5-1/h1-2H. The molecule has 0 atom stereocenters. The van der Waals surface area contributed by atoms with Crippen LogP contribution in [0.1, 0.15) is 0 Å². The fourth-order valence-corrected chi connectivity index (χ4v) is 31.0. The third-order valence-electron chi connectivity index (χ3n) is 1.12. The van der Waals surface area contributed by atoms with Crippen LogP contribution < -0.4 is 0 Å². The van der Waals surface area contributed by atoms with E-state index >= 15 is 0 Å². The molecule has 0 amide bonds. The molecular weight excluding hydrogens is 193 g/mol. The summed E-state index contributed by atoms with van der Waals surface area (Å²) >= 11 is 0. The Labute approximate surface area is 63.9 Å². The molecule has 3 aliphatic rings. The van der Waals surface area contributed by atoms with Gasteiger partial charge in [0.25, 0.3) is 0 Å². The molecule has 0 aromatic carbocycles. The van der Waals surface area contributed by atoms with Crippen LogP contribution in [0.25, 0.3) is 0 Å². The fraction of sp³-hybridized carbons (Fsp3) is 1.00. The zero-order valence-corrected chi connectivity index (χ0v) is 10.2. The van der Waals surface area contributed by atoms with Crippen LogP contribution in [0.2, 0.25) is 9.58 Å². The zero-order chi connectivity index (χ0) is 5.40. The topological polar surface area (TPSA) is 0 Å². The lowest BCUT2D eigenvalue weighted by atomic mass is 11.8. The van der Waals surface area contributed by atoms with Gasteiger partial charge in [-0.25, -0.2) is 0 Å². The van der Waals surface area contributed by atoms with Gasteiger partial charge in [-0.05, 0) is 0 Å². The van der Waals surface area contributed by atoms with Gasteiger partial charge in [-0.3, -0.25) is 0 Å². The largest absolute Gasteiger partial charge is 0.0725 e. The van der Waals surface area contributed by atoms with Crippen molar-refractivity contribution in [3.63, 3.8) is 0 Å². The van der Waals surface area contributed by atoms with Crippen LogP contribution in [-0.2, 0) is 0 Å². The molecule has 3 saturated heterocycles. The Balaban J connectivity index is 2.03. The molecule has 0 nitrogen and oxygen atoms in total. The molecule has 34 valence electrons. The Bertz CT molecular complexity index is 61.5. The molecule has 8 heavy (non-hydrogen) atoms. The fourth-order valence-electron chi connectivity index (χ4n) is 0.717. The molecule has 3 rings (SSSR count). The maximum Gasteiger partial charge on any atom is 0.0179 e. The van der Waals surface area contributed by atoms with Gasteiger partial charge in [-0.15, -0.1) is 0 Å². The third-order valence-corrected chi connectivity index (χ3v) is 25.6. The van der Waals surface area contributed by atoms with E-state index in [-0.39, 0.29) is 0 Å². The predicted octanol–water partition coefficient (Wildman–Crippen LogP) is -1.61. The molecule has 0 saturated carbocycles. The average Bonchev–Trinajstić information content (AvgIpc) is 1.92. The second kappa shape index (κ2) is 2.50. The highest BCUT2D eigenvalue weighted by molar-refractivity contribution is 7.40. The minimum atomic E-state index is 1.27. The highest BCUT2D eigenvalue weighted by Gasteiger charge is 2.29. The van der Waals surface area contributed by atoms with E-state index in [1.165, 1.54) is 63.8 Å². The van der Waals surface area contributed by atoms with Crippen molar-refractivity contribution < 1.29 is 0 Å². The van der Waals surface area contributed by atoms with Gasteiger partial charge in [0.05, 0.1) is 0 Å². The van der Waals surface area contributed by atoms with Crippen LogP contribution in [0.15, 0.2) is 0 Å². The summed E-state index contributed by atoms with van der Waals surface area (Å²) in [6, 6.07) is 0. The van der Waals surface area contributed by atoms with E-state index < -0.39 is 0 Å². The number of hydrogen-bond acceptors (Lipinski definition) is 0. The molecule has 2 bridgehead atoms. The summed E-state index contributed by atoms with van der Waals surface area (Å²) in [7, 11) is 8.45. The first kappa shape index (κ1) is 6.04. The lowest BCUT2D eigenvalue weighted by Gasteiger charge is -2.32. The van der Waals surface area contributed by atoms with Gasteiger partial charge in [0, 0.05) is 54.2 Å². The first-order chi connectivity index (χ1) is 3.95. The summed E-state index contributed by atoms with van der Waals surface area (Å²) in [5, 5.41) is 0. The van der Waals surface area contributed by atoms with Crippen LogP contribution in [0, 0.1) is 0 Å². The van der Waals surface area contributed by atoms with Crippen molar-refractivity contribution in [1.82, 2.24) is 0 Å². The average molecular weight is 195 g/mol. The van der Waals surface area contributed by atoms with E-state index in [9.17, 15) is 0 Å². The van der Waals surface area contributed by atoms with Crippen LogP contribution in [0.3, 0.4) is 0 Å². The Morgan fingerprint density at radius 3 is 0.875 bits per heavy atom. The van der Waals surface area contributed by atoms with Crippen LogP contribution in [0.4, 0.5) is 0 Å². The second-order valence-corrected chi connectivity index (χ2v) is 15.6. The van der Waals surface area contributed by atoms with Crippen molar-refractivity contribution in [2.24, 2.45) is 0 Å². The Morgan fingerprint density at radius 2 is 0.750 bits per heavy atom. The maximum atomic E-state index is 1.41. The van der Waals surface area contributed by atoms with Gasteiger partial charge in [0.2, 0.25) is 0 Å². The summed E-state index contributed by atoms with van der Waals surface area (Å²) in [4.78, 5) is 2.55. The van der Waals surface area contributed by atoms with Gasteiger partial charge in [-0.2, -0.15) is 0 Å². The Hall–Kier alpha value is 1.30. The quantitative estimate of drug-likeness (QED) is 0.407. The Morgan fingerprint density at radius 1 is 0.500 bits per heavy atom. The van der Waals surface area contributed by atoms with Crippen molar-refractivity contribution in [2.75, 3.05) is 0 Å². The SMILES string of the molecule is [Si]1[Si]C2[Si][Si]C1[Si][Si]2. The minimum Gasteiger partial charge on any atom is -0.0725 e. The van der Waals surface area contributed by atoms with Crippen molar-refractivity contribution in [3.8, 4) is 0 Å². The van der Waals surface area contributed by atoms with E-state index in [0.717, 1.165) is 0 Å². The molecule has 3 heterocycles. The van der Waals surface area contributed by atoms with E-state index in [4.69, 9.17) is 0 Å². The van der Waals surface area contributed by atoms with Crippen molar-refractivity contribution in [2.45, 2.75) is 9.58 Å². The first-order valence-electron chi connectivity index (χ1n) is 2.48. The molecule has 0 aromatic heterocycles. The highest BCUT2D eigenvalue weighted by Crippen LogP contribution is 2.17. The third kappa shape index (κ3) is 1.09. The highest BCUT2D eigenvalue weighted by atomic mass is 29.3. The van der Waals surface area contributed by atoms with Crippen molar-refractivity contribution in [3.05, 3.63) is 0 Å². The van der Waals surface area contributed by atoms with Gasteiger partial charge in [-0.1, -0.05) is 9.58 Å². The zero-order valence-electron chi connectivity index (χ0n) is 4.15. The monoisotopic (exact) mass is 194 g/mol. The summed E-state index contributed by atoms with van der Waals surface area (Å²) in [6.45, 7) is 0. The maximum absolute atomic E-state index is 1.41.